The fourth-order valence-electron chi connectivity index (χ4n) is 1.54. The summed E-state index contributed by atoms with van der Waals surface area (Å²) in [5.74, 6) is 0.816. The van der Waals surface area contributed by atoms with Crippen LogP contribution in [-0.2, 0) is 0 Å². The van der Waals surface area contributed by atoms with Crippen molar-refractivity contribution in [3.05, 3.63) is 45.3 Å². The summed E-state index contributed by atoms with van der Waals surface area (Å²) in [4.78, 5) is 12.3. The average Bonchev–Trinajstić information content (AvgIpc) is 2.39. The van der Waals surface area contributed by atoms with E-state index in [4.69, 9.17) is 11.6 Å². The van der Waals surface area contributed by atoms with Gasteiger partial charge in [0.2, 0.25) is 17.2 Å². The molecule has 1 heterocycles. The Labute approximate surface area is 136 Å². The first kappa shape index (κ1) is 15.0. The SMILES string of the molecule is C=CCNc1nc(Cl)nc(Nc2ccc(I)cc2C)n1. The summed E-state index contributed by atoms with van der Waals surface area (Å²) in [6.07, 6.45) is 1.72. The third kappa shape index (κ3) is 4.04. The fourth-order valence-corrected chi connectivity index (χ4v) is 2.34. The molecular weight excluding hydrogens is 389 g/mol. The number of aryl methyl sites for hydroxylation is 1. The van der Waals surface area contributed by atoms with Gasteiger partial charge in [0.25, 0.3) is 0 Å². The molecule has 7 heteroatoms. The van der Waals surface area contributed by atoms with Gasteiger partial charge >= 0.3 is 0 Å². The van der Waals surface area contributed by atoms with Crippen LogP contribution in [0.4, 0.5) is 17.6 Å². The molecule has 0 fully saturated rings. The first-order chi connectivity index (χ1) is 9.58. The van der Waals surface area contributed by atoms with E-state index in [9.17, 15) is 0 Å². The van der Waals surface area contributed by atoms with E-state index in [-0.39, 0.29) is 5.28 Å². The van der Waals surface area contributed by atoms with Gasteiger partial charge in [0.15, 0.2) is 0 Å². The molecule has 2 rings (SSSR count). The van der Waals surface area contributed by atoms with E-state index in [0.29, 0.717) is 18.4 Å². The van der Waals surface area contributed by atoms with Gasteiger partial charge in [0.1, 0.15) is 0 Å². The Morgan fingerprint density at radius 2 is 2.05 bits per heavy atom. The van der Waals surface area contributed by atoms with Crippen LogP contribution in [0, 0.1) is 10.5 Å². The van der Waals surface area contributed by atoms with Gasteiger partial charge in [-0.05, 0) is 64.9 Å². The predicted octanol–water partition coefficient (Wildman–Crippen LogP) is 3.78. The highest BCUT2D eigenvalue weighted by atomic mass is 127. The number of halogens is 2. The number of benzene rings is 1. The number of aromatic nitrogens is 3. The molecule has 2 N–H and O–H groups in total. The van der Waals surface area contributed by atoms with Crippen molar-refractivity contribution < 1.29 is 0 Å². The van der Waals surface area contributed by atoms with Crippen molar-refractivity contribution in [1.29, 1.82) is 0 Å². The lowest BCUT2D eigenvalue weighted by molar-refractivity contribution is 1.04. The highest BCUT2D eigenvalue weighted by Gasteiger charge is 2.06. The van der Waals surface area contributed by atoms with Crippen LogP contribution in [0.25, 0.3) is 0 Å². The van der Waals surface area contributed by atoms with E-state index >= 15 is 0 Å². The molecule has 2 aromatic rings. The van der Waals surface area contributed by atoms with Gasteiger partial charge in [-0.3, -0.25) is 0 Å². The van der Waals surface area contributed by atoms with E-state index in [2.05, 4.69) is 60.8 Å². The standard InChI is InChI=1S/C13H13ClIN5/c1-3-6-16-12-18-11(14)19-13(20-12)17-10-5-4-9(15)7-8(10)2/h3-5,7H,1,6H2,2H3,(H2,16,17,18,19,20). The van der Waals surface area contributed by atoms with E-state index in [1.54, 1.807) is 6.08 Å². The second-order valence-electron chi connectivity index (χ2n) is 4.01. The van der Waals surface area contributed by atoms with E-state index in [1.165, 1.54) is 3.57 Å². The van der Waals surface area contributed by atoms with Gasteiger partial charge in [0.05, 0.1) is 0 Å². The molecule has 0 bridgehead atoms. The maximum Gasteiger partial charge on any atom is 0.233 e. The number of hydrogen-bond acceptors (Lipinski definition) is 5. The molecule has 5 nitrogen and oxygen atoms in total. The molecule has 1 aromatic carbocycles. The zero-order valence-corrected chi connectivity index (χ0v) is 13.7. The van der Waals surface area contributed by atoms with Crippen LogP contribution in [0.1, 0.15) is 5.56 Å². The van der Waals surface area contributed by atoms with E-state index < -0.39 is 0 Å². The lowest BCUT2D eigenvalue weighted by Gasteiger charge is -2.10. The molecule has 0 aliphatic heterocycles. The topological polar surface area (TPSA) is 62.7 Å². The molecule has 0 spiro atoms. The number of rotatable bonds is 5. The van der Waals surface area contributed by atoms with Gasteiger partial charge in [-0.25, -0.2) is 0 Å². The maximum absolute atomic E-state index is 5.89. The number of nitrogens with zero attached hydrogens (tertiary/aromatic N) is 3. The lowest BCUT2D eigenvalue weighted by Crippen LogP contribution is -2.07. The largest absolute Gasteiger partial charge is 0.351 e. The van der Waals surface area contributed by atoms with Gasteiger partial charge in [-0.15, -0.1) is 6.58 Å². The smallest absolute Gasteiger partial charge is 0.233 e. The van der Waals surface area contributed by atoms with Crippen molar-refractivity contribution >= 4 is 51.8 Å². The van der Waals surface area contributed by atoms with Crippen LogP contribution in [0.5, 0.6) is 0 Å². The zero-order valence-electron chi connectivity index (χ0n) is 10.8. The molecule has 20 heavy (non-hydrogen) atoms. The fraction of sp³-hybridized carbons (Fsp3) is 0.154. The summed E-state index contributed by atoms with van der Waals surface area (Å²) >= 11 is 8.16. The molecule has 0 saturated carbocycles. The molecular formula is C13H13ClIN5. The van der Waals surface area contributed by atoms with Crippen molar-refractivity contribution in [1.82, 2.24) is 15.0 Å². The molecule has 0 radical (unpaired) electrons. The molecule has 0 aliphatic rings. The third-order valence-electron chi connectivity index (χ3n) is 2.45. The molecule has 0 amide bonds. The summed E-state index contributed by atoms with van der Waals surface area (Å²) in [6, 6.07) is 6.06. The lowest BCUT2D eigenvalue weighted by atomic mass is 10.2. The highest BCUT2D eigenvalue weighted by molar-refractivity contribution is 14.1. The molecule has 104 valence electrons. The van der Waals surface area contributed by atoms with Crippen molar-refractivity contribution in [3.8, 4) is 0 Å². The van der Waals surface area contributed by atoms with Crippen LogP contribution >= 0.6 is 34.2 Å². The van der Waals surface area contributed by atoms with Crippen LogP contribution in [0.15, 0.2) is 30.9 Å². The van der Waals surface area contributed by atoms with Crippen LogP contribution in [-0.4, -0.2) is 21.5 Å². The van der Waals surface area contributed by atoms with Gasteiger partial charge in [-0.2, -0.15) is 15.0 Å². The minimum Gasteiger partial charge on any atom is -0.351 e. The van der Waals surface area contributed by atoms with Crippen molar-refractivity contribution in [3.63, 3.8) is 0 Å². The Morgan fingerprint density at radius 3 is 2.75 bits per heavy atom. The summed E-state index contributed by atoms with van der Waals surface area (Å²) in [5, 5.41) is 6.26. The molecule has 0 aliphatic carbocycles. The van der Waals surface area contributed by atoms with Crippen LogP contribution < -0.4 is 10.6 Å². The molecule has 0 atom stereocenters. The first-order valence-electron chi connectivity index (χ1n) is 5.88. The summed E-state index contributed by atoms with van der Waals surface area (Å²) in [6.45, 7) is 6.20. The monoisotopic (exact) mass is 401 g/mol. The van der Waals surface area contributed by atoms with E-state index in [1.807, 2.05) is 19.1 Å². The first-order valence-corrected chi connectivity index (χ1v) is 7.33. The molecule has 1 aromatic heterocycles. The van der Waals surface area contributed by atoms with Crippen molar-refractivity contribution in [2.45, 2.75) is 6.92 Å². The quantitative estimate of drug-likeness (QED) is 0.590. The van der Waals surface area contributed by atoms with Crippen molar-refractivity contribution in [2.75, 3.05) is 17.2 Å². The summed E-state index contributed by atoms with van der Waals surface area (Å²) in [5.41, 5.74) is 2.04. The molecule has 0 saturated heterocycles. The Kier molecular flexibility index (Phi) is 5.13. The predicted molar refractivity (Wildman–Crippen MR) is 90.7 cm³/mol. The normalized spacial score (nSPS) is 10.2. The molecule has 0 unspecified atom stereocenters. The minimum absolute atomic E-state index is 0.136. The zero-order chi connectivity index (χ0) is 14.5. The summed E-state index contributed by atoms with van der Waals surface area (Å²) in [7, 11) is 0. The van der Waals surface area contributed by atoms with Gasteiger partial charge < -0.3 is 10.6 Å². The Balaban J connectivity index is 2.23. The Hall–Kier alpha value is -1.41. The second-order valence-corrected chi connectivity index (χ2v) is 5.59. The number of anilines is 3. The van der Waals surface area contributed by atoms with E-state index in [0.717, 1.165) is 11.3 Å². The number of nitrogens with one attached hydrogen (secondary N) is 2. The van der Waals surface area contributed by atoms with Crippen LogP contribution in [0.3, 0.4) is 0 Å². The summed E-state index contributed by atoms with van der Waals surface area (Å²) < 4.78 is 1.17. The Bertz CT molecular complexity index is 632. The maximum atomic E-state index is 5.89. The van der Waals surface area contributed by atoms with Gasteiger partial charge in [0, 0.05) is 15.8 Å². The third-order valence-corrected chi connectivity index (χ3v) is 3.29. The Morgan fingerprint density at radius 1 is 1.30 bits per heavy atom. The second kappa shape index (κ2) is 6.85. The van der Waals surface area contributed by atoms with Crippen molar-refractivity contribution in [2.24, 2.45) is 0 Å². The van der Waals surface area contributed by atoms with Crippen LogP contribution in [0.2, 0.25) is 5.28 Å². The van der Waals surface area contributed by atoms with Gasteiger partial charge in [-0.1, -0.05) is 6.08 Å². The number of hydrogen-bond donors (Lipinski definition) is 2. The minimum atomic E-state index is 0.136. The average molecular weight is 402 g/mol. The highest BCUT2D eigenvalue weighted by Crippen LogP contribution is 2.21.